The predicted molar refractivity (Wildman–Crippen MR) is 69.3 cm³/mol. The smallest absolute Gasteiger partial charge is 0.270 e. The predicted octanol–water partition coefficient (Wildman–Crippen LogP) is 1.98. The maximum absolute atomic E-state index is 11.7. The van der Waals surface area contributed by atoms with Crippen molar-refractivity contribution in [1.82, 2.24) is 10.3 Å². The van der Waals surface area contributed by atoms with E-state index in [1.165, 1.54) is 11.3 Å². The van der Waals surface area contributed by atoms with Crippen molar-refractivity contribution >= 4 is 17.2 Å². The molecule has 96 valence electrons. The van der Waals surface area contributed by atoms with Crippen LogP contribution in [0.25, 0.3) is 0 Å². The molecule has 0 aliphatic rings. The molecule has 2 N–H and O–H groups in total. The number of hydrogen-bond donors (Lipinski definition) is 2. The van der Waals surface area contributed by atoms with E-state index < -0.39 is 6.10 Å². The van der Waals surface area contributed by atoms with Crippen LogP contribution < -0.4 is 5.32 Å². The van der Waals surface area contributed by atoms with Crippen molar-refractivity contribution in [1.29, 1.82) is 0 Å². The Bertz CT molecular complexity index is 361. The first kappa shape index (κ1) is 14.1. The highest BCUT2D eigenvalue weighted by molar-refractivity contribution is 7.09. The highest BCUT2D eigenvalue weighted by Gasteiger charge is 2.17. The molecule has 0 bridgehead atoms. The number of rotatable bonds is 6. The van der Waals surface area contributed by atoms with Crippen molar-refractivity contribution in [2.75, 3.05) is 6.54 Å². The summed E-state index contributed by atoms with van der Waals surface area (Å²) in [5, 5.41) is 15.2. The molecule has 4 nitrogen and oxygen atoms in total. The third-order valence-corrected chi connectivity index (χ3v) is 3.69. The molecule has 0 spiro atoms. The van der Waals surface area contributed by atoms with Crippen LogP contribution in [0.2, 0.25) is 0 Å². The maximum Gasteiger partial charge on any atom is 0.270 e. The van der Waals surface area contributed by atoms with E-state index in [9.17, 15) is 9.90 Å². The zero-order valence-electron chi connectivity index (χ0n) is 10.6. The Morgan fingerprint density at radius 1 is 1.53 bits per heavy atom. The van der Waals surface area contributed by atoms with Gasteiger partial charge in [-0.05, 0) is 12.8 Å². The molecule has 0 saturated carbocycles. The summed E-state index contributed by atoms with van der Waals surface area (Å²) in [5.74, 6) is 0.0341. The van der Waals surface area contributed by atoms with E-state index in [-0.39, 0.29) is 11.8 Å². The summed E-state index contributed by atoms with van der Waals surface area (Å²) in [5.41, 5.74) is 0.434. The van der Waals surface area contributed by atoms with Crippen LogP contribution in [0.1, 0.15) is 42.2 Å². The topological polar surface area (TPSA) is 62.2 Å². The molecule has 1 aromatic heterocycles. The lowest BCUT2D eigenvalue weighted by atomic mass is 9.96. The minimum absolute atomic E-state index is 0.209. The first-order chi connectivity index (χ1) is 8.08. The number of hydrogen-bond acceptors (Lipinski definition) is 4. The molecular formula is C12H20N2O2S. The van der Waals surface area contributed by atoms with Gasteiger partial charge < -0.3 is 10.4 Å². The van der Waals surface area contributed by atoms with Crippen molar-refractivity contribution in [3.05, 3.63) is 16.1 Å². The number of nitrogens with one attached hydrogen (secondary N) is 1. The van der Waals surface area contributed by atoms with Crippen LogP contribution in [0.4, 0.5) is 0 Å². The van der Waals surface area contributed by atoms with Gasteiger partial charge in [0, 0.05) is 11.9 Å². The average molecular weight is 256 g/mol. The van der Waals surface area contributed by atoms with Gasteiger partial charge in [0.2, 0.25) is 0 Å². The van der Waals surface area contributed by atoms with Crippen LogP contribution in [-0.4, -0.2) is 28.6 Å². The van der Waals surface area contributed by atoms with E-state index in [1.807, 2.05) is 20.8 Å². The Morgan fingerprint density at radius 3 is 2.65 bits per heavy atom. The van der Waals surface area contributed by atoms with Crippen LogP contribution in [0.3, 0.4) is 0 Å². The Labute approximate surface area is 106 Å². The molecule has 1 heterocycles. The molecule has 1 rings (SSSR count). The zero-order chi connectivity index (χ0) is 12.8. The number of carbonyl (C=O) groups is 1. The quantitative estimate of drug-likeness (QED) is 0.818. The van der Waals surface area contributed by atoms with Gasteiger partial charge in [-0.2, -0.15) is 0 Å². The lowest BCUT2D eigenvalue weighted by Crippen LogP contribution is -2.36. The Balaban J connectivity index is 2.43. The van der Waals surface area contributed by atoms with Gasteiger partial charge in [0.1, 0.15) is 5.69 Å². The summed E-state index contributed by atoms with van der Waals surface area (Å²) in [4.78, 5) is 15.8. The number of carbonyl (C=O) groups excluding carboxylic acids is 1. The number of nitrogens with zero attached hydrogens (tertiary/aromatic N) is 1. The van der Waals surface area contributed by atoms with Crippen LogP contribution in [0.15, 0.2) is 5.38 Å². The lowest BCUT2D eigenvalue weighted by Gasteiger charge is -2.19. The lowest BCUT2D eigenvalue weighted by molar-refractivity contribution is 0.0813. The summed E-state index contributed by atoms with van der Waals surface area (Å²) < 4.78 is 0. The second-order valence-electron chi connectivity index (χ2n) is 4.11. The van der Waals surface area contributed by atoms with Crippen molar-refractivity contribution in [3.63, 3.8) is 0 Å². The second kappa shape index (κ2) is 6.71. The van der Waals surface area contributed by atoms with Crippen molar-refractivity contribution < 1.29 is 9.90 Å². The van der Waals surface area contributed by atoms with Crippen LogP contribution in [0, 0.1) is 12.8 Å². The van der Waals surface area contributed by atoms with E-state index in [0.29, 0.717) is 12.2 Å². The maximum atomic E-state index is 11.7. The molecule has 1 unspecified atom stereocenters. The number of thiazole rings is 1. The monoisotopic (exact) mass is 256 g/mol. The molecule has 1 amide bonds. The largest absolute Gasteiger partial charge is 0.391 e. The van der Waals surface area contributed by atoms with E-state index in [2.05, 4.69) is 10.3 Å². The minimum Gasteiger partial charge on any atom is -0.391 e. The summed E-state index contributed by atoms with van der Waals surface area (Å²) >= 11 is 1.45. The Morgan fingerprint density at radius 2 is 2.18 bits per heavy atom. The fourth-order valence-electron chi connectivity index (χ4n) is 1.76. The van der Waals surface area contributed by atoms with Gasteiger partial charge in [-0.15, -0.1) is 11.3 Å². The fraction of sp³-hybridized carbons (Fsp3) is 0.667. The van der Waals surface area contributed by atoms with Crippen LogP contribution >= 0.6 is 11.3 Å². The normalized spacial score (nSPS) is 12.8. The van der Waals surface area contributed by atoms with Gasteiger partial charge in [0.15, 0.2) is 0 Å². The van der Waals surface area contributed by atoms with Gasteiger partial charge >= 0.3 is 0 Å². The van der Waals surface area contributed by atoms with E-state index in [0.717, 1.165) is 17.8 Å². The van der Waals surface area contributed by atoms with Crippen molar-refractivity contribution in [2.24, 2.45) is 5.92 Å². The number of aliphatic hydroxyl groups excluding tert-OH is 1. The molecule has 1 atom stereocenters. The molecule has 1 aromatic rings. The summed E-state index contributed by atoms with van der Waals surface area (Å²) in [6.07, 6.45) is 1.36. The number of aliphatic hydroxyl groups is 1. The molecule has 0 radical (unpaired) electrons. The Kier molecular flexibility index (Phi) is 5.58. The van der Waals surface area contributed by atoms with Crippen LogP contribution in [0.5, 0.6) is 0 Å². The molecule has 5 heteroatoms. The van der Waals surface area contributed by atoms with Gasteiger partial charge in [0.05, 0.1) is 11.1 Å². The number of aromatic nitrogens is 1. The molecule has 0 aliphatic carbocycles. The molecule has 0 aliphatic heterocycles. The summed E-state index contributed by atoms with van der Waals surface area (Å²) in [6, 6.07) is 0. The van der Waals surface area contributed by atoms with Crippen LogP contribution in [-0.2, 0) is 0 Å². The van der Waals surface area contributed by atoms with Crippen molar-refractivity contribution in [2.45, 2.75) is 39.7 Å². The third kappa shape index (κ3) is 4.09. The summed E-state index contributed by atoms with van der Waals surface area (Å²) in [6.45, 7) is 6.24. The third-order valence-electron chi connectivity index (χ3n) is 2.92. The molecule has 0 fully saturated rings. The minimum atomic E-state index is -0.478. The fourth-order valence-corrected chi connectivity index (χ4v) is 2.35. The Hall–Kier alpha value is -0.940. The van der Waals surface area contributed by atoms with Gasteiger partial charge in [-0.25, -0.2) is 4.98 Å². The number of amides is 1. The van der Waals surface area contributed by atoms with E-state index in [1.54, 1.807) is 5.38 Å². The SMILES string of the molecule is CCC(CC)C(O)CNC(=O)c1csc(C)n1. The van der Waals surface area contributed by atoms with Gasteiger partial charge in [0.25, 0.3) is 5.91 Å². The molecular weight excluding hydrogens is 236 g/mol. The first-order valence-electron chi connectivity index (χ1n) is 5.96. The molecule has 17 heavy (non-hydrogen) atoms. The van der Waals surface area contributed by atoms with E-state index in [4.69, 9.17) is 0 Å². The van der Waals surface area contributed by atoms with Crippen molar-refractivity contribution in [3.8, 4) is 0 Å². The van der Waals surface area contributed by atoms with E-state index >= 15 is 0 Å². The standard InChI is InChI=1S/C12H20N2O2S/c1-4-9(5-2)11(15)6-13-12(16)10-7-17-8(3)14-10/h7,9,11,15H,4-6H2,1-3H3,(H,13,16). The average Bonchev–Trinajstić information content (AvgIpc) is 2.74. The summed E-state index contributed by atoms with van der Waals surface area (Å²) in [7, 11) is 0. The molecule has 0 aromatic carbocycles. The highest BCUT2D eigenvalue weighted by Crippen LogP contribution is 2.12. The zero-order valence-corrected chi connectivity index (χ0v) is 11.4. The number of aryl methyl sites for hydroxylation is 1. The molecule has 0 saturated heterocycles. The van der Waals surface area contributed by atoms with Gasteiger partial charge in [-0.1, -0.05) is 26.7 Å². The van der Waals surface area contributed by atoms with Gasteiger partial charge in [-0.3, -0.25) is 4.79 Å². The first-order valence-corrected chi connectivity index (χ1v) is 6.84. The highest BCUT2D eigenvalue weighted by atomic mass is 32.1. The second-order valence-corrected chi connectivity index (χ2v) is 5.17.